The normalized spacial score (nSPS) is 9.84. The van der Waals surface area contributed by atoms with Crippen LogP contribution in [0.2, 0.25) is 0 Å². The van der Waals surface area contributed by atoms with Gasteiger partial charge in [-0.1, -0.05) is 83.1 Å². The Morgan fingerprint density at radius 3 is 1.56 bits per heavy atom. The second kappa shape index (κ2) is 34.1. The average Bonchev–Trinajstić information content (AvgIpc) is 2.55. The summed E-state index contributed by atoms with van der Waals surface area (Å²) in [4.78, 5) is 0. The zero-order chi connectivity index (χ0) is 19.8. The highest BCUT2D eigenvalue weighted by atomic mass is 13.9. The minimum atomic E-state index is 0. The van der Waals surface area contributed by atoms with Gasteiger partial charge in [0.25, 0.3) is 0 Å². The summed E-state index contributed by atoms with van der Waals surface area (Å²) in [5, 5.41) is 0. The van der Waals surface area contributed by atoms with Crippen molar-refractivity contribution in [2.75, 3.05) is 0 Å². The van der Waals surface area contributed by atoms with Crippen molar-refractivity contribution < 1.29 is 0 Å². The van der Waals surface area contributed by atoms with Gasteiger partial charge in [0.15, 0.2) is 0 Å². The monoisotopic (exact) mass is 350 g/mol. The van der Waals surface area contributed by atoms with Crippen molar-refractivity contribution >= 4 is 0 Å². The van der Waals surface area contributed by atoms with Crippen LogP contribution in [-0.4, -0.2) is 0 Å². The van der Waals surface area contributed by atoms with E-state index in [4.69, 9.17) is 0 Å². The Morgan fingerprint density at radius 1 is 0.920 bits per heavy atom. The van der Waals surface area contributed by atoms with Crippen LogP contribution in [0.15, 0.2) is 61.3 Å². The first kappa shape index (κ1) is 34.9. The molecule has 0 fully saturated rings. The molecule has 0 rings (SSSR count). The summed E-state index contributed by atoms with van der Waals surface area (Å²) in [7, 11) is 0. The van der Waals surface area contributed by atoms with E-state index in [2.05, 4.69) is 80.4 Å². The van der Waals surface area contributed by atoms with Crippen molar-refractivity contribution in [3.05, 3.63) is 61.3 Å². The molecule has 0 aliphatic heterocycles. The lowest BCUT2D eigenvalue weighted by Gasteiger charge is -1.96. The molecule has 0 bridgehead atoms. The Morgan fingerprint density at radius 2 is 1.36 bits per heavy atom. The van der Waals surface area contributed by atoms with Crippen molar-refractivity contribution in [2.45, 2.75) is 94.9 Å². The molecule has 0 radical (unpaired) electrons. The highest BCUT2D eigenvalue weighted by molar-refractivity contribution is 5.01. The third-order valence-corrected chi connectivity index (χ3v) is 2.98. The lowest BCUT2D eigenvalue weighted by Crippen LogP contribution is -1.80. The molecule has 0 aromatic heterocycles. The summed E-state index contributed by atoms with van der Waals surface area (Å²) >= 11 is 0. The lowest BCUT2D eigenvalue weighted by atomic mass is 10.1. The van der Waals surface area contributed by atoms with Gasteiger partial charge in [-0.3, -0.25) is 0 Å². The first-order valence-corrected chi connectivity index (χ1v) is 9.40. The van der Waals surface area contributed by atoms with Crippen LogP contribution in [0.4, 0.5) is 0 Å². The molecule has 0 heterocycles. The zero-order valence-electron chi connectivity index (χ0n) is 18.1. The van der Waals surface area contributed by atoms with Crippen molar-refractivity contribution in [2.24, 2.45) is 5.92 Å². The van der Waals surface area contributed by atoms with Gasteiger partial charge in [0.2, 0.25) is 0 Å². The van der Waals surface area contributed by atoms with Gasteiger partial charge in [-0.25, -0.2) is 0 Å². The first-order valence-electron chi connectivity index (χ1n) is 9.40. The van der Waals surface area contributed by atoms with E-state index in [9.17, 15) is 0 Å². The maximum absolute atomic E-state index is 3.63. The van der Waals surface area contributed by atoms with Crippen LogP contribution in [0.1, 0.15) is 94.9 Å². The molecule has 0 aromatic rings. The lowest BCUT2D eigenvalue weighted by molar-refractivity contribution is 0.700. The molecule has 0 N–H and O–H groups in total. The van der Waals surface area contributed by atoms with Gasteiger partial charge in [-0.15, -0.1) is 19.7 Å². The van der Waals surface area contributed by atoms with Gasteiger partial charge in [0.1, 0.15) is 0 Å². The summed E-state index contributed by atoms with van der Waals surface area (Å²) in [6.45, 7) is 27.4. The average molecular weight is 351 g/mol. The van der Waals surface area contributed by atoms with E-state index < -0.39 is 0 Å². The zero-order valence-corrected chi connectivity index (χ0v) is 18.1. The minimum Gasteiger partial charge on any atom is -0.103 e. The summed E-state index contributed by atoms with van der Waals surface area (Å²) in [6.07, 6.45) is 16.1. The van der Waals surface area contributed by atoms with E-state index in [1.807, 2.05) is 19.1 Å². The van der Waals surface area contributed by atoms with E-state index in [1.165, 1.54) is 36.8 Å². The predicted octanol–water partition coefficient (Wildman–Crippen LogP) is 9.72. The van der Waals surface area contributed by atoms with Crippen LogP contribution in [0.25, 0.3) is 0 Å². The predicted molar refractivity (Wildman–Crippen MR) is 125 cm³/mol. The summed E-state index contributed by atoms with van der Waals surface area (Å²) in [6, 6.07) is 0. The molecule has 0 saturated heterocycles. The van der Waals surface area contributed by atoms with E-state index in [1.54, 1.807) is 6.08 Å². The van der Waals surface area contributed by atoms with Crippen LogP contribution < -0.4 is 0 Å². The summed E-state index contributed by atoms with van der Waals surface area (Å²) < 4.78 is 0. The molecular formula is C25H50. The van der Waals surface area contributed by atoms with Crippen molar-refractivity contribution in [3.8, 4) is 0 Å². The van der Waals surface area contributed by atoms with E-state index >= 15 is 0 Å². The third-order valence-electron chi connectivity index (χ3n) is 2.98. The number of rotatable bonds is 7. The van der Waals surface area contributed by atoms with Crippen LogP contribution in [-0.2, 0) is 0 Å². The molecule has 0 aliphatic carbocycles. The van der Waals surface area contributed by atoms with Gasteiger partial charge in [0, 0.05) is 0 Å². The molecular weight excluding hydrogens is 300 g/mol. The molecule has 0 aliphatic rings. The maximum Gasteiger partial charge on any atom is -0.0267 e. The fourth-order valence-electron chi connectivity index (χ4n) is 1.21. The molecule has 1 atom stereocenters. The first-order chi connectivity index (χ1) is 11.3. The Labute approximate surface area is 162 Å². The summed E-state index contributed by atoms with van der Waals surface area (Å²) in [5.74, 6) is 0.699. The van der Waals surface area contributed by atoms with Gasteiger partial charge in [0.05, 0.1) is 0 Å². The second-order valence-electron chi connectivity index (χ2n) is 6.01. The van der Waals surface area contributed by atoms with E-state index in [0.717, 1.165) is 6.42 Å². The Kier molecular flexibility index (Phi) is 47.7. The van der Waals surface area contributed by atoms with Crippen molar-refractivity contribution in [3.63, 3.8) is 0 Å². The molecule has 1 unspecified atom stereocenters. The fourth-order valence-corrected chi connectivity index (χ4v) is 1.21. The Hall–Kier alpha value is -1.30. The molecule has 25 heavy (non-hydrogen) atoms. The summed E-state index contributed by atoms with van der Waals surface area (Å²) in [5.41, 5.74) is 2.94. The van der Waals surface area contributed by atoms with Gasteiger partial charge < -0.3 is 0 Å². The van der Waals surface area contributed by atoms with Gasteiger partial charge in [-0.2, -0.15) is 0 Å². The largest absolute Gasteiger partial charge is 0.103 e. The molecule has 0 nitrogen and oxygen atoms in total. The van der Waals surface area contributed by atoms with E-state index in [-0.39, 0.29) is 7.43 Å². The van der Waals surface area contributed by atoms with Crippen LogP contribution >= 0.6 is 0 Å². The molecule has 150 valence electrons. The topological polar surface area (TPSA) is 0 Å². The smallest absolute Gasteiger partial charge is 0.0267 e. The van der Waals surface area contributed by atoms with Crippen LogP contribution in [0, 0.1) is 5.92 Å². The van der Waals surface area contributed by atoms with Gasteiger partial charge >= 0.3 is 0 Å². The Balaban J connectivity index is -0.0000000807. The van der Waals surface area contributed by atoms with E-state index in [0.29, 0.717) is 5.92 Å². The second-order valence-corrected chi connectivity index (χ2v) is 6.01. The number of hydrogen-bond acceptors (Lipinski definition) is 0. The minimum absolute atomic E-state index is 0. The third kappa shape index (κ3) is 60.3. The fraction of sp³-hybridized carbons (Fsp3) is 0.600. The van der Waals surface area contributed by atoms with Crippen molar-refractivity contribution in [1.82, 2.24) is 0 Å². The van der Waals surface area contributed by atoms with Crippen molar-refractivity contribution in [1.29, 1.82) is 0 Å². The highest BCUT2D eigenvalue weighted by Gasteiger charge is 1.86. The van der Waals surface area contributed by atoms with Gasteiger partial charge in [-0.05, 0) is 59.3 Å². The number of allylic oxidation sites excluding steroid dienone is 7. The Bertz CT molecular complexity index is 311. The maximum atomic E-state index is 3.63. The SMILES string of the molecule is C.C=CC.C=CC(C)CC.C=CCC.CCC=C(C)CCC=C(C)C. The standard InChI is InChI=1S/C11H20.C6H12.C4H8.C3H6.CH4/c1-5-7-11(4)9-6-8-10(2)3;1-4-6(3)5-2;1-3-4-2;1-3-2;/h7-8H,5-6,9H2,1-4H3;4,6H,1,5H2,2-3H3;3H,1,4H2,2H3;3H,1H2,2H3;1H4. The molecule has 0 heteroatoms. The highest BCUT2D eigenvalue weighted by Crippen LogP contribution is 2.06. The molecule has 0 aromatic carbocycles. The molecule has 0 amide bonds. The number of hydrogen-bond donors (Lipinski definition) is 0. The quantitative estimate of drug-likeness (QED) is 0.401. The van der Waals surface area contributed by atoms with Crippen LogP contribution in [0.3, 0.4) is 0 Å². The molecule has 0 saturated carbocycles. The van der Waals surface area contributed by atoms with Crippen LogP contribution in [0.5, 0.6) is 0 Å². The molecule has 0 spiro atoms.